The molecule has 0 atom stereocenters. The Morgan fingerprint density at radius 2 is 1.40 bits per heavy atom. The number of nitrogens with zero attached hydrogens (tertiary/aromatic N) is 1. The number of hydrogen-bond donors (Lipinski definition) is 5. The number of ether oxygens (including phenoxy) is 1. The summed E-state index contributed by atoms with van der Waals surface area (Å²) in [6, 6.07) is 11.8. The molecule has 1 fully saturated rings. The highest BCUT2D eigenvalue weighted by Gasteiger charge is 2.38. The van der Waals surface area contributed by atoms with Gasteiger partial charge in [-0.1, -0.05) is 6.07 Å². The molecule has 1 aliphatic carbocycles. The van der Waals surface area contributed by atoms with E-state index in [0.29, 0.717) is 12.1 Å². The molecular formula is C25H32F6N4O5. The molecule has 1 saturated carbocycles. The fourth-order valence-electron chi connectivity index (χ4n) is 3.68. The fraction of sp³-hybridized carbons (Fsp3) is 0.480. The molecule has 0 spiro atoms. The zero-order valence-electron chi connectivity index (χ0n) is 22.0. The first kappa shape index (κ1) is 34.4. The number of alkyl halides is 6. The quantitative estimate of drug-likeness (QED) is 0.295. The molecule has 0 bridgehead atoms. The van der Waals surface area contributed by atoms with Crippen molar-refractivity contribution in [3.05, 3.63) is 42.1 Å². The van der Waals surface area contributed by atoms with Crippen molar-refractivity contribution in [1.29, 1.82) is 0 Å². The molecule has 0 saturated heterocycles. The molecule has 3 rings (SSSR count). The smallest absolute Gasteiger partial charge is 0.490 e. The molecule has 0 radical (unpaired) electrons. The lowest BCUT2D eigenvalue weighted by atomic mass is 9.91. The highest BCUT2D eigenvalue weighted by Crippen LogP contribution is 2.28. The number of pyridine rings is 1. The summed E-state index contributed by atoms with van der Waals surface area (Å²) >= 11 is 0. The summed E-state index contributed by atoms with van der Waals surface area (Å²) in [6.45, 7) is 0.829. The largest absolute Gasteiger partial charge is 0.496 e. The number of anilines is 1. The Kier molecular flexibility index (Phi) is 13.7. The number of carbonyl (C=O) groups is 2. The van der Waals surface area contributed by atoms with Crippen LogP contribution in [0.2, 0.25) is 0 Å². The van der Waals surface area contributed by atoms with E-state index in [4.69, 9.17) is 24.5 Å². The summed E-state index contributed by atoms with van der Waals surface area (Å²) < 4.78 is 69.1. The molecule has 224 valence electrons. The predicted molar refractivity (Wildman–Crippen MR) is 135 cm³/mol. The van der Waals surface area contributed by atoms with E-state index in [9.17, 15) is 26.3 Å². The van der Waals surface area contributed by atoms with Crippen molar-refractivity contribution in [3.63, 3.8) is 0 Å². The van der Waals surface area contributed by atoms with Gasteiger partial charge in [0.2, 0.25) is 0 Å². The maximum Gasteiger partial charge on any atom is 0.490 e. The van der Waals surface area contributed by atoms with Crippen LogP contribution in [0.3, 0.4) is 0 Å². The van der Waals surface area contributed by atoms with Crippen LogP contribution in [0.15, 0.2) is 36.5 Å². The van der Waals surface area contributed by atoms with Gasteiger partial charge in [-0.2, -0.15) is 26.3 Å². The van der Waals surface area contributed by atoms with Crippen molar-refractivity contribution in [2.75, 3.05) is 26.5 Å². The molecule has 2 aromatic rings. The van der Waals surface area contributed by atoms with Gasteiger partial charge in [-0.15, -0.1) is 0 Å². The van der Waals surface area contributed by atoms with Gasteiger partial charge in [0.05, 0.1) is 7.11 Å². The Morgan fingerprint density at radius 1 is 0.900 bits per heavy atom. The number of nitrogens with one attached hydrogen (secondary N) is 3. The lowest BCUT2D eigenvalue weighted by molar-refractivity contribution is -0.193. The van der Waals surface area contributed by atoms with Crippen LogP contribution in [0.5, 0.6) is 5.75 Å². The molecule has 1 aromatic heterocycles. The molecule has 15 heteroatoms. The zero-order valence-corrected chi connectivity index (χ0v) is 22.0. The van der Waals surface area contributed by atoms with Crippen molar-refractivity contribution in [3.8, 4) is 16.9 Å². The molecule has 9 nitrogen and oxygen atoms in total. The Balaban J connectivity index is 0.000000473. The lowest BCUT2D eigenvalue weighted by Gasteiger charge is -2.29. The summed E-state index contributed by atoms with van der Waals surface area (Å²) in [4.78, 5) is 22.1. The average molecular weight is 583 g/mol. The minimum absolute atomic E-state index is 0.588. The van der Waals surface area contributed by atoms with E-state index < -0.39 is 24.3 Å². The third-order valence-corrected chi connectivity index (χ3v) is 5.83. The highest BCUT2D eigenvalue weighted by atomic mass is 19.4. The van der Waals surface area contributed by atoms with Gasteiger partial charge in [0, 0.05) is 37.4 Å². The van der Waals surface area contributed by atoms with Crippen LogP contribution in [0.25, 0.3) is 11.1 Å². The Bertz CT molecular complexity index is 1070. The van der Waals surface area contributed by atoms with E-state index in [0.717, 1.165) is 23.7 Å². The molecule has 0 aliphatic heterocycles. The number of aliphatic carboxylic acids is 2. The molecule has 1 aliphatic rings. The van der Waals surface area contributed by atoms with Crippen LogP contribution in [0.1, 0.15) is 31.2 Å². The van der Waals surface area contributed by atoms with Crippen molar-refractivity contribution >= 4 is 17.8 Å². The van der Waals surface area contributed by atoms with E-state index >= 15 is 0 Å². The third kappa shape index (κ3) is 12.1. The highest BCUT2D eigenvalue weighted by molar-refractivity contribution is 5.73. The third-order valence-electron chi connectivity index (χ3n) is 5.83. The molecule has 0 amide bonds. The second kappa shape index (κ2) is 15.9. The van der Waals surface area contributed by atoms with E-state index in [1.165, 1.54) is 36.8 Å². The number of benzene rings is 1. The van der Waals surface area contributed by atoms with Gasteiger partial charge in [-0.05, 0) is 68.1 Å². The minimum atomic E-state index is -5.08. The number of halogens is 6. The summed E-state index contributed by atoms with van der Waals surface area (Å²) in [6.07, 6.45) is -3.39. The summed E-state index contributed by atoms with van der Waals surface area (Å²) in [5, 5.41) is 24.5. The van der Waals surface area contributed by atoms with Gasteiger partial charge >= 0.3 is 24.3 Å². The van der Waals surface area contributed by atoms with E-state index in [1.807, 2.05) is 19.3 Å². The maximum absolute atomic E-state index is 10.6. The topological polar surface area (TPSA) is 133 Å². The van der Waals surface area contributed by atoms with Gasteiger partial charge in [0.15, 0.2) is 0 Å². The fourth-order valence-corrected chi connectivity index (χ4v) is 3.68. The monoisotopic (exact) mass is 582 g/mol. The first-order valence-corrected chi connectivity index (χ1v) is 11.9. The van der Waals surface area contributed by atoms with Gasteiger partial charge in [0.25, 0.3) is 0 Å². The van der Waals surface area contributed by atoms with Gasteiger partial charge in [-0.25, -0.2) is 14.6 Å². The van der Waals surface area contributed by atoms with Gasteiger partial charge in [-0.3, -0.25) is 0 Å². The molecule has 1 aromatic carbocycles. The predicted octanol–water partition coefficient (Wildman–Crippen LogP) is 4.69. The Morgan fingerprint density at radius 3 is 1.85 bits per heavy atom. The summed E-state index contributed by atoms with van der Waals surface area (Å²) in [5.41, 5.74) is 3.53. The number of methoxy groups -OCH3 is 1. The summed E-state index contributed by atoms with van der Waals surface area (Å²) in [7, 11) is 5.69. The molecule has 5 N–H and O–H groups in total. The standard InChI is InChI=1S/C21H30N4O.2C2HF3O2/c1-22-18-5-7-19(8-6-18)25-14-17-12-15(4-9-20(17)26-3)16-10-11-24-21(13-16)23-2;2*3-2(4,5)1(6)7/h4,9-13,18-19,22,25H,5-8,14H2,1-3H3,(H,23,24);2*(H,6,7). The second-order valence-electron chi connectivity index (χ2n) is 8.53. The first-order chi connectivity index (χ1) is 18.6. The van der Waals surface area contributed by atoms with Crippen LogP contribution >= 0.6 is 0 Å². The number of carboxylic acids is 2. The number of hydrogen-bond acceptors (Lipinski definition) is 7. The van der Waals surface area contributed by atoms with Crippen molar-refractivity contribution in [2.24, 2.45) is 0 Å². The summed E-state index contributed by atoms with van der Waals surface area (Å²) in [5.74, 6) is -3.70. The molecular weight excluding hydrogens is 550 g/mol. The van der Waals surface area contributed by atoms with Crippen LogP contribution in [0.4, 0.5) is 32.2 Å². The van der Waals surface area contributed by atoms with Crippen molar-refractivity contribution in [2.45, 2.75) is 56.7 Å². The van der Waals surface area contributed by atoms with Crippen LogP contribution < -0.4 is 20.7 Å². The van der Waals surface area contributed by atoms with Gasteiger partial charge < -0.3 is 30.9 Å². The molecule has 1 heterocycles. The lowest BCUT2D eigenvalue weighted by Crippen LogP contribution is -2.38. The van der Waals surface area contributed by atoms with Crippen LogP contribution in [-0.4, -0.2) is 72.8 Å². The number of aromatic nitrogens is 1. The minimum Gasteiger partial charge on any atom is -0.496 e. The second-order valence-corrected chi connectivity index (χ2v) is 8.53. The number of carboxylic acid groups (broad SMARTS) is 2. The normalized spacial score (nSPS) is 16.9. The molecule has 0 unspecified atom stereocenters. The van der Waals surface area contributed by atoms with E-state index in [2.05, 4.69) is 52.2 Å². The van der Waals surface area contributed by atoms with Crippen LogP contribution in [-0.2, 0) is 16.1 Å². The SMILES string of the molecule is CNc1cc(-c2ccc(OC)c(CNC3CCC(NC)CC3)c2)ccn1.O=C(O)C(F)(F)F.O=C(O)C(F)(F)F. The maximum atomic E-state index is 10.6. The number of rotatable bonds is 7. The Hall–Kier alpha value is -3.59. The Labute approximate surface area is 226 Å². The van der Waals surface area contributed by atoms with E-state index in [1.54, 1.807) is 7.11 Å². The van der Waals surface area contributed by atoms with Gasteiger partial charge in [0.1, 0.15) is 11.6 Å². The molecule has 40 heavy (non-hydrogen) atoms. The van der Waals surface area contributed by atoms with Crippen molar-refractivity contribution in [1.82, 2.24) is 15.6 Å². The zero-order chi connectivity index (χ0) is 30.5. The first-order valence-electron chi connectivity index (χ1n) is 11.9. The average Bonchev–Trinajstić information content (AvgIpc) is 2.91. The van der Waals surface area contributed by atoms with E-state index in [-0.39, 0.29) is 0 Å². The van der Waals surface area contributed by atoms with Crippen molar-refractivity contribution < 1.29 is 50.9 Å². The van der Waals surface area contributed by atoms with Crippen LogP contribution in [0, 0.1) is 0 Å².